The van der Waals surface area contributed by atoms with Gasteiger partial charge in [-0.1, -0.05) is 57.0 Å². The molecule has 188 valence electrons. The number of allylic oxidation sites excluding steroid dienone is 4. The van der Waals surface area contributed by atoms with E-state index in [2.05, 4.69) is 48.5 Å². The zero-order chi connectivity index (χ0) is 26.2. The Bertz CT molecular complexity index is 1340. The normalized spacial score (nSPS) is 21.6. The summed E-state index contributed by atoms with van der Waals surface area (Å²) in [6, 6.07) is 10.2. The molecule has 0 unspecified atom stereocenters. The van der Waals surface area contributed by atoms with Crippen LogP contribution in [0, 0.1) is 16.6 Å². The van der Waals surface area contributed by atoms with E-state index in [4.69, 9.17) is 23.2 Å². The van der Waals surface area contributed by atoms with Crippen LogP contribution in [0.4, 0.5) is 10.1 Å². The van der Waals surface area contributed by atoms with Gasteiger partial charge in [-0.2, -0.15) is 0 Å². The molecule has 0 atom stereocenters. The molecule has 3 aliphatic rings. The van der Waals surface area contributed by atoms with Gasteiger partial charge >= 0.3 is 0 Å². The van der Waals surface area contributed by atoms with E-state index in [1.54, 1.807) is 24.3 Å². The summed E-state index contributed by atoms with van der Waals surface area (Å²) in [5, 5.41) is 0.848. The average molecular weight is 591 g/mol. The lowest BCUT2D eigenvalue weighted by Gasteiger charge is -2.49. The van der Waals surface area contributed by atoms with Crippen LogP contribution in [0.25, 0.3) is 0 Å². The second-order valence-corrected chi connectivity index (χ2v) is 13.3. The molecule has 0 amide bonds. The third kappa shape index (κ3) is 4.37. The molecule has 2 aromatic carbocycles. The van der Waals surface area contributed by atoms with Crippen LogP contribution >= 0.6 is 39.1 Å². The molecule has 7 heteroatoms. The van der Waals surface area contributed by atoms with Gasteiger partial charge in [0.25, 0.3) is 0 Å². The number of rotatable bonds is 2. The van der Waals surface area contributed by atoms with E-state index < -0.39 is 5.92 Å². The number of hydrogen-bond donors (Lipinski definition) is 0. The van der Waals surface area contributed by atoms with Crippen molar-refractivity contribution in [2.45, 2.75) is 59.3 Å². The SMILES string of the molecule is CC1(C)CC(=O)C2=C(C1)N(c1ccc(Cl)c(Cl)c1)C1=C(C(=O)CC(C)(C)C1)C2c1ccc(F)c(Br)c1. The van der Waals surface area contributed by atoms with Crippen molar-refractivity contribution < 1.29 is 14.0 Å². The number of hydrogen-bond acceptors (Lipinski definition) is 3. The van der Waals surface area contributed by atoms with Crippen molar-refractivity contribution in [1.29, 1.82) is 0 Å². The highest BCUT2D eigenvalue weighted by Crippen LogP contribution is 2.55. The summed E-state index contributed by atoms with van der Waals surface area (Å²) in [5.41, 5.74) is 3.98. The predicted octanol–water partition coefficient (Wildman–Crippen LogP) is 8.79. The molecule has 0 fully saturated rings. The summed E-state index contributed by atoms with van der Waals surface area (Å²) < 4.78 is 14.5. The fourth-order valence-electron chi connectivity index (χ4n) is 5.93. The maximum Gasteiger partial charge on any atom is 0.162 e. The van der Waals surface area contributed by atoms with E-state index >= 15 is 0 Å². The number of carbonyl (C=O) groups is 2. The lowest BCUT2D eigenvalue weighted by Crippen LogP contribution is -2.44. The van der Waals surface area contributed by atoms with Crippen molar-refractivity contribution in [3.63, 3.8) is 0 Å². The highest BCUT2D eigenvalue weighted by molar-refractivity contribution is 9.10. The topological polar surface area (TPSA) is 37.4 Å². The van der Waals surface area contributed by atoms with E-state index in [-0.39, 0.29) is 28.2 Å². The number of halogens is 4. The third-order valence-electron chi connectivity index (χ3n) is 7.35. The zero-order valence-corrected chi connectivity index (χ0v) is 23.7. The molecule has 0 bridgehead atoms. The molecule has 0 N–H and O–H groups in total. The van der Waals surface area contributed by atoms with Crippen molar-refractivity contribution in [3.8, 4) is 0 Å². The zero-order valence-electron chi connectivity index (χ0n) is 20.6. The Balaban J connectivity index is 1.85. The van der Waals surface area contributed by atoms with Gasteiger partial charge in [0.2, 0.25) is 0 Å². The summed E-state index contributed by atoms with van der Waals surface area (Å²) in [6.45, 7) is 8.35. The minimum Gasteiger partial charge on any atom is -0.317 e. The largest absolute Gasteiger partial charge is 0.317 e. The Morgan fingerprint density at radius 2 is 1.39 bits per heavy atom. The molecule has 1 aliphatic heterocycles. The average Bonchev–Trinajstić information content (AvgIpc) is 2.75. The van der Waals surface area contributed by atoms with Crippen LogP contribution in [0.2, 0.25) is 10.0 Å². The van der Waals surface area contributed by atoms with Crippen molar-refractivity contribution in [3.05, 3.63) is 84.8 Å². The predicted molar refractivity (Wildman–Crippen MR) is 146 cm³/mol. The molecule has 2 aliphatic carbocycles. The fourth-order valence-corrected chi connectivity index (χ4v) is 6.62. The molecule has 0 saturated heterocycles. The molecule has 0 radical (unpaired) electrons. The number of Topliss-reactive ketones (excluding diaryl/α,β-unsaturated/α-hetero) is 2. The number of nitrogens with zero attached hydrogens (tertiary/aromatic N) is 1. The lowest BCUT2D eigenvalue weighted by atomic mass is 9.63. The molecule has 5 rings (SSSR count). The van der Waals surface area contributed by atoms with Gasteiger partial charge in [-0.25, -0.2) is 4.39 Å². The second kappa shape index (κ2) is 8.82. The third-order valence-corrected chi connectivity index (χ3v) is 8.70. The summed E-state index contributed by atoms with van der Waals surface area (Å²) in [4.78, 5) is 29.8. The van der Waals surface area contributed by atoms with Crippen molar-refractivity contribution in [1.82, 2.24) is 0 Å². The van der Waals surface area contributed by atoms with Crippen LogP contribution in [0.3, 0.4) is 0 Å². The molecule has 3 nitrogen and oxygen atoms in total. The molecular formula is C29H27BrCl2FNO2. The van der Waals surface area contributed by atoms with E-state index in [0.29, 0.717) is 51.3 Å². The smallest absolute Gasteiger partial charge is 0.162 e. The lowest BCUT2D eigenvalue weighted by molar-refractivity contribution is -0.119. The number of carbonyl (C=O) groups excluding carboxylic acids is 2. The first kappa shape index (κ1) is 25.7. The van der Waals surface area contributed by atoms with Crippen LogP contribution < -0.4 is 4.90 Å². The van der Waals surface area contributed by atoms with Crippen LogP contribution in [0.5, 0.6) is 0 Å². The first-order chi connectivity index (χ1) is 16.8. The summed E-state index contributed by atoms with van der Waals surface area (Å²) in [7, 11) is 0. The standard InChI is InChI=1S/C29H27BrCl2FNO2/c1-28(2)11-21-26(23(35)13-28)25(15-5-8-20(33)17(30)9-15)27-22(12-29(3,4)14-24(27)36)34(21)16-6-7-18(31)19(32)10-16/h5-10,25H,11-14H2,1-4H3. The van der Waals surface area contributed by atoms with E-state index in [9.17, 15) is 14.0 Å². The van der Waals surface area contributed by atoms with Crippen LogP contribution in [0.1, 0.15) is 64.9 Å². The molecule has 0 aromatic heterocycles. The fraction of sp³-hybridized carbons (Fsp3) is 0.379. The molecular weight excluding hydrogens is 564 g/mol. The number of anilines is 1. The molecule has 1 heterocycles. The minimum absolute atomic E-state index is 0.0148. The Kier molecular flexibility index (Phi) is 6.29. The highest BCUT2D eigenvalue weighted by Gasteiger charge is 2.49. The van der Waals surface area contributed by atoms with Crippen molar-refractivity contribution >= 4 is 56.4 Å². The summed E-state index contributed by atoms with van der Waals surface area (Å²) >= 11 is 16.0. The van der Waals surface area contributed by atoms with E-state index in [1.807, 2.05) is 6.07 Å². The van der Waals surface area contributed by atoms with Crippen LogP contribution in [-0.4, -0.2) is 11.6 Å². The van der Waals surface area contributed by atoms with Crippen molar-refractivity contribution in [2.24, 2.45) is 10.8 Å². The maximum atomic E-state index is 14.2. The van der Waals surface area contributed by atoms with Gasteiger partial charge in [0, 0.05) is 47.0 Å². The monoisotopic (exact) mass is 589 g/mol. The Morgan fingerprint density at radius 1 is 0.833 bits per heavy atom. The minimum atomic E-state index is -0.543. The summed E-state index contributed by atoms with van der Waals surface area (Å²) in [5.74, 6) is -0.900. The van der Waals surface area contributed by atoms with Crippen LogP contribution in [0.15, 0.2) is 63.4 Å². The molecule has 0 saturated carbocycles. The Labute approximate surface area is 229 Å². The van der Waals surface area contributed by atoms with Gasteiger partial charge in [-0.15, -0.1) is 0 Å². The van der Waals surface area contributed by atoms with Gasteiger partial charge in [-0.3, -0.25) is 9.59 Å². The first-order valence-corrected chi connectivity index (χ1v) is 13.6. The summed E-state index contributed by atoms with van der Waals surface area (Å²) in [6.07, 6.45) is 2.06. The Morgan fingerprint density at radius 3 is 1.89 bits per heavy atom. The molecule has 36 heavy (non-hydrogen) atoms. The first-order valence-electron chi connectivity index (χ1n) is 12.0. The number of benzene rings is 2. The van der Waals surface area contributed by atoms with E-state index in [1.165, 1.54) is 6.07 Å². The van der Waals surface area contributed by atoms with Crippen molar-refractivity contribution in [2.75, 3.05) is 4.90 Å². The van der Waals surface area contributed by atoms with Gasteiger partial charge in [0.15, 0.2) is 11.6 Å². The quantitative estimate of drug-likeness (QED) is 0.351. The molecule has 2 aromatic rings. The molecule has 0 spiro atoms. The highest BCUT2D eigenvalue weighted by atomic mass is 79.9. The second-order valence-electron chi connectivity index (χ2n) is 11.6. The number of ketones is 2. The van der Waals surface area contributed by atoms with Gasteiger partial charge in [0.1, 0.15) is 5.82 Å². The van der Waals surface area contributed by atoms with Gasteiger partial charge in [0.05, 0.1) is 14.5 Å². The van der Waals surface area contributed by atoms with E-state index in [0.717, 1.165) is 22.6 Å². The van der Waals surface area contributed by atoms with Gasteiger partial charge in [-0.05, 0) is 75.5 Å². The van der Waals surface area contributed by atoms with Gasteiger partial charge < -0.3 is 4.90 Å². The van der Waals surface area contributed by atoms with Crippen LogP contribution in [-0.2, 0) is 9.59 Å². The maximum absolute atomic E-state index is 14.2. The Hall–Kier alpha value is -1.95.